The molecular formula is C14H18N4O2. The highest BCUT2D eigenvalue weighted by Crippen LogP contribution is 2.23. The minimum absolute atomic E-state index is 0.203. The molecule has 6 heteroatoms. The van der Waals surface area contributed by atoms with Crippen LogP contribution in [-0.2, 0) is 13.6 Å². The number of aryl methyl sites for hydroxylation is 1. The van der Waals surface area contributed by atoms with Crippen LogP contribution in [0.1, 0.15) is 22.8 Å². The van der Waals surface area contributed by atoms with Crippen LogP contribution in [0, 0.1) is 0 Å². The van der Waals surface area contributed by atoms with Crippen molar-refractivity contribution in [3.63, 3.8) is 0 Å². The summed E-state index contributed by atoms with van der Waals surface area (Å²) in [4.78, 5) is 12.0. The molecule has 0 bridgehead atoms. The standard InChI is InChI=1S/C14H18N4O2/c1-3-20-13-5-4-12(6-10(13)7-15)17-14(19)11-8-16-18(2)9-11/h4-6,8-9H,3,7,15H2,1-2H3,(H,17,19). The van der Waals surface area contributed by atoms with Gasteiger partial charge in [-0.2, -0.15) is 5.10 Å². The fourth-order valence-corrected chi connectivity index (χ4v) is 1.85. The minimum Gasteiger partial charge on any atom is -0.494 e. The highest BCUT2D eigenvalue weighted by Gasteiger charge is 2.10. The third-order valence-electron chi connectivity index (χ3n) is 2.81. The number of carbonyl (C=O) groups excluding carboxylic acids is 1. The summed E-state index contributed by atoms with van der Waals surface area (Å²) in [6.45, 7) is 2.85. The molecule has 1 aromatic carbocycles. The number of nitrogens with two attached hydrogens (primary N) is 1. The van der Waals surface area contributed by atoms with Gasteiger partial charge < -0.3 is 15.8 Å². The molecule has 0 spiro atoms. The van der Waals surface area contributed by atoms with Crippen molar-refractivity contribution in [1.82, 2.24) is 9.78 Å². The zero-order chi connectivity index (χ0) is 14.5. The first-order valence-corrected chi connectivity index (χ1v) is 6.39. The summed E-state index contributed by atoms with van der Waals surface area (Å²) >= 11 is 0. The number of hydrogen-bond acceptors (Lipinski definition) is 4. The Bertz CT molecular complexity index is 607. The molecule has 0 fully saturated rings. The van der Waals surface area contributed by atoms with Crippen LogP contribution in [0.5, 0.6) is 5.75 Å². The van der Waals surface area contributed by atoms with Crippen LogP contribution in [0.4, 0.5) is 5.69 Å². The Balaban J connectivity index is 2.15. The smallest absolute Gasteiger partial charge is 0.258 e. The van der Waals surface area contributed by atoms with E-state index in [2.05, 4.69) is 10.4 Å². The molecule has 0 saturated heterocycles. The highest BCUT2D eigenvalue weighted by atomic mass is 16.5. The normalized spacial score (nSPS) is 10.3. The second-order valence-electron chi connectivity index (χ2n) is 4.32. The first kappa shape index (κ1) is 14.1. The first-order valence-electron chi connectivity index (χ1n) is 6.39. The second kappa shape index (κ2) is 6.21. The van der Waals surface area contributed by atoms with Crippen molar-refractivity contribution >= 4 is 11.6 Å². The summed E-state index contributed by atoms with van der Waals surface area (Å²) in [5, 5.41) is 6.78. The SMILES string of the molecule is CCOc1ccc(NC(=O)c2cnn(C)c2)cc1CN. The lowest BCUT2D eigenvalue weighted by Crippen LogP contribution is -2.12. The largest absolute Gasteiger partial charge is 0.494 e. The molecule has 0 aliphatic carbocycles. The van der Waals surface area contributed by atoms with Crippen LogP contribution < -0.4 is 15.8 Å². The number of amides is 1. The maximum absolute atomic E-state index is 12.0. The molecule has 0 atom stereocenters. The Morgan fingerprint density at radius 3 is 2.90 bits per heavy atom. The molecular weight excluding hydrogens is 256 g/mol. The van der Waals surface area contributed by atoms with Gasteiger partial charge in [0, 0.05) is 31.0 Å². The zero-order valence-corrected chi connectivity index (χ0v) is 11.6. The van der Waals surface area contributed by atoms with Crippen LogP contribution >= 0.6 is 0 Å². The summed E-state index contributed by atoms with van der Waals surface area (Å²) < 4.78 is 7.05. The van der Waals surface area contributed by atoms with Crippen LogP contribution in [-0.4, -0.2) is 22.3 Å². The number of aromatic nitrogens is 2. The van der Waals surface area contributed by atoms with Crippen molar-refractivity contribution in [3.8, 4) is 5.75 Å². The monoisotopic (exact) mass is 274 g/mol. The third-order valence-corrected chi connectivity index (χ3v) is 2.81. The number of rotatable bonds is 5. The molecule has 2 rings (SSSR count). The van der Waals surface area contributed by atoms with E-state index in [0.717, 1.165) is 11.3 Å². The lowest BCUT2D eigenvalue weighted by atomic mass is 10.1. The fourth-order valence-electron chi connectivity index (χ4n) is 1.85. The molecule has 106 valence electrons. The molecule has 20 heavy (non-hydrogen) atoms. The minimum atomic E-state index is -0.203. The van der Waals surface area contributed by atoms with E-state index in [1.54, 1.807) is 24.0 Å². The summed E-state index contributed by atoms with van der Waals surface area (Å²) in [6.07, 6.45) is 3.18. The number of ether oxygens (including phenoxy) is 1. The molecule has 0 saturated carbocycles. The molecule has 2 aromatic rings. The van der Waals surface area contributed by atoms with Gasteiger partial charge in [0.15, 0.2) is 0 Å². The third kappa shape index (κ3) is 3.16. The molecule has 0 aliphatic heterocycles. The molecule has 0 unspecified atom stereocenters. The van der Waals surface area contributed by atoms with E-state index in [9.17, 15) is 4.79 Å². The number of benzene rings is 1. The van der Waals surface area contributed by atoms with Crippen LogP contribution in [0.2, 0.25) is 0 Å². The molecule has 1 amide bonds. The highest BCUT2D eigenvalue weighted by molar-refractivity contribution is 6.04. The number of hydrogen-bond donors (Lipinski definition) is 2. The fraction of sp³-hybridized carbons (Fsp3) is 0.286. The lowest BCUT2D eigenvalue weighted by Gasteiger charge is -2.11. The van der Waals surface area contributed by atoms with Crippen LogP contribution in [0.3, 0.4) is 0 Å². The van der Waals surface area contributed by atoms with E-state index >= 15 is 0 Å². The average molecular weight is 274 g/mol. The van der Waals surface area contributed by atoms with Gasteiger partial charge in [0.1, 0.15) is 5.75 Å². The molecule has 3 N–H and O–H groups in total. The van der Waals surface area contributed by atoms with E-state index in [0.29, 0.717) is 24.4 Å². The number of nitrogens with one attached hydrogen (secondary N) is 1. The van der Waals surface area contributed by atoms with Crippen molar-refractivity contribution in [2.75, 3.05) is 11.9 Å². The zero-order valence-electron chi connectivity index (χ0n) is 11.6. The summed E-state index contributed by atoms with van der Waals surface area (Å²) in [5.74, 6) is 0.541. The van der Waals surface area contributed by atoms with Gasteiger partial charge in [0.2, 0.25) is 0 Å². The maximum Gasteiger partial charge on any atom is 0.258 e. The Morgan fingerprint density at radius 2 is 2.30 bits per heavy atom. The average Bonchev–Trinajstić information content (AvgIpc) is 2.87. The molecule has 1 aromatic heterocycles. The predicted molar refractivity (Wildman–Crippen MR) is 76.7 cm³/mol. The van der Waals surface area contributed by atoms with E-state index in [1.165, 1.54) is 6.20 Å². The van der Waals surface area contributed by atoms with Gasteiger partial charge in [-0.25, -0.2) is 0 Å². The molecule has 0 aliphatic rings. The van der Waals surface area contributed by atoms with Crippen LogP contribution in [0.25, 0.3) is 0 Å². The Labute approximate surface area is 117 Å². The van der Waals surface area contributed by atoms with Gasteiger partial charge in [0.25, 0.3) is 5.91 Å². The summed E-state index contributed by atoms with van der Waals surface area (Å²) in [6, 6.07) is 5.42. The topological polar surface area (TPSA) is 82.2 Å². The molecule has 1 heterocycles. The van der Waals surface area contributed by atoms with E-state index in [-0.39, 0.29) is 5.91 Å². The molecule has 6 nitrogen and oxygen atoms in total. The van der Waals surface area contributed by atoms with Crippen molar-refractivity contribution in [2.45, 2.75) is 13.5 Å². The lowest BCUT2D eigenvalue weighted by molar-refractivity contribution is 0.102. The Hall–Kier alpha value is -2.34. The van der Waals surface area contributed by atoms with Crippen LogP contribution in [0.15, 0.2) is 30.6 Å². The van der Waals surface area contributed by atoms with Gasteiger partial charge in [0.05, 0.1) is 18.4 Å². The quantitative estimate of drug-likeness (QED) is 0.866. The number of nitrogens with zero attached hydrogens (tertiary/aromatic N) is 2. The predicted octanol–water partition coefficient (Wildman–Crippen LogP) is 1.53. The van der Waals surface area contributed by atoms with E-state index < -0.39 is 0 Å². The Kier molecular flexibility index (Phi) is 4.37. The number of carbonyl (C=O) groups is 1. The van der Waals surface area contributed by atoms with Crippen molar-refractivity contribution < 1.29 is 9.53 Å². The van der Waals surface area contributed by atoms with Gasteiger partial charge in [-0.05, 0) is 25.1 Å². The summed E-state index contributed by atoms with van der Waals surface area (Å²) in [5.41, 5.74) is 7.74. The Morgan fingerprint density at radius 1 is 1.50 bits per heavy atom. The van der Waals surface area contributed by atoms with E-state index in [4.69, 9.17) is 10.5 Å². The van der Waals surface area contributed by atoms with Gasteiger partial charge >= 0.3 is 0 Å². The van der Waals surface area contributed by atoms with Gasteiger partial charge in [-0.3, -0.25) is 9.48 Å². The van der Waals surface area contributed by atoms with Gasteiger partial charge in [-0.15, -0.1) is 0 Å². The second-order valence-corrected chi connectivity index (χ2v) is 4.32. The van der Waals surface area contributed by atoms with Gasteiger partial charge in [-0.1, -0.05) is 0 Å². The summed E-state index contributed by atoms with van der Waals surface area (Å²) in [7, 11) is 1.76. The van der Waals surface area contributed by atoms with Crippen molar-refractivity contribution in [3.05, 3.63) is 41.7 Å². The van der Waals surface area contributed by atoms with E-state index in [1.807, 2.05) is 19.1 Å². The number of anilines is 1. The van der Waals surface area contributed by atoms with Crippen molar-refractivity contribution in [1.29, 1.82) is 0 Å². The first-order chi connectivity index (χ1) is 9.63. The van der Waals surface area contributed by atoms with Crippen molar-refractivity contribution in [2.24, 2.45) is 12.8 Å². The molecule has 0 radical (unpaired) electrons. The maximum atomic E-state index is 12.0.